The molecule has 0 radical (unpaired) electrons. The number of likely N-dealkylation sites (tertiary alicyclic amines) is 1. The number of hydrogen-bond donors (Lipinski definition) is 1. The first-order chi connectivity index (χ1) is 10.5. The van der Waals surface area contributed by atoms with Gasteiger partial charge in [0.1, 0.15) is 0 Å². The number of carbonyl (C=O) groups excluding carboxylic acids is 3. The molecule has 0 unspecified atom stereocenters. The van der Waals surface area contributed by atoms with Gasteiger partial charge in [-0.15, -0.1) is 0 Å². The minimum atomic E-state index is -0.331. The van der Waals surface area contributed by atoms with E-state index in [9.17, 15) is 14.4 Å². The summed E-state index contributed by atoms with van der Waals surface area (Å²) in [6, 6.07) is 4.67. The van der Waals surface area contributed by atoms with Crippen LogP contribution in [0.4, 0.5) is 10.5 Å². The second kappa shape index (κ2) is 5.44. The molecule has 0 aromatic heterocycles. The Morgan fingerprint density at radius 1 is 1.14 bits per heavy atom. The molecule has 0 spiro atoms. The fraction of sp³-hybridized carbons (Fsp3) is 0.438. The van der Waals surface area contributed by atoms with Crippen LogP contribution >= 0.6 is 0 Å². The van der Waals surface area contributed by atoms with E-state index in [1.54, 1.807) is 23.1 Å². The Hall–Kier alpha value is -2.37. The second-order valence-corrected chi connectivity index (χ2v) is 6.03. The van der Waals surface area contributed by atoms with E-state index in [4.69, 9.17) is 0 Å². The van der Waals surface area contributed by atoms with Gasteiger partial charge < -0.3 is 10.2 Å². The van der Waals surface area contributed by atoms with Crippen molar-refractivity contribution in [1.82, 2.24) is 9.80 Å². The van der Waals surface area contributed by atoms with Crippen LogP contribution < -0.4 is 5.32 Å². The fourth-order valence-electron chi connectivity index (χ4n) is 2.85. The first-order valence-corrected chi connectivity index (χ1v) is 7.49. The highest BCUT2D eigenvalue weighted by molar-refractivity contribution is 6.21. The van der Waals surface area contributed by atoms with Crippen LogP contribution in [0, 0.1) is 5.92 Å². The topological polar surface area (TPSA) is 69.7 Å². The Labute approximate surface area is 129 Å². The van der Waals surface area contributed by atoms with Gasteiger partial charge in [0, 0.05) is 25.8 Å². The van der Waals surface area contributed by atoms with Gasteiger partial charge in [-0.2, -0.15) is 0 Å². The van der Waals surface area contributed by atoms with Gasteiger partial charge in [-0.25, -0.2) is 4.79 Å². The average molecular weight is 301 g/mol. The molecule has 0 aliphatic carbocycles. The second-order valence-electron chi connectivity index (χ2n) is 6.03. The van der Waals surface area contributed by atoms with Crippen molar-refractivity contribution in [2.45, 2.75) is 19.8 Å². The van der Waals surface area contributed by atoms with Gasteiger partial charge in [0.25, 0.3) is 11.8 Å². The van der Waals surface area contributed by atoms with E-state index in [-0.39, 0.29) is 17.8 Å². The molecule has 6 nitrogen and oxygen atoms in total. The van der Waals surface area contributed by atoms with Gasteiger partial charge in [-0.3, -0.25) is 14.5 Å². The lowest BCUT2D eigenvalue weighted by atomic mass is 10.00. The monoisotopic (exact) mass is 301 g/mol. The normalized spacial score (nSPS) is 18.6. The Morgan fingerprint density at radius 3 is 2.45 bits per heavy atom. The number of urea groups is 1. The third-order valence-electron chi connectivity index (χ3n) is 4.41. The SMILES string of the molecule is CC1CCN(C(=O)Nc2ccc3c(c2)C(=O)N(C)C3=O)CC1. The number of imide groups is 1. The highest BCUT2D eigenvalue weighted by atomic mass is 16.2. The number of fused-ring (bicyclic) bond motifs is 1. The molecule has 2 aliphatic heterocycles. The molecule has 1 aromatic rings. The summed E-state index contributed by atoms with van der Waals surface area (Å²) < 4.78 is 0. The van der Waals surface area contributed by atoms with Crippen molar-refractivity contribution in [2.24, 2.45) is 5.92 Å². The molecular weight excluding hydrogens is 282 g/mol. The number of hydrogen-bond acceptors (Lipinski definition) is 3. The molecule has 4 amide bonds. The van der Waals surface area contributed by atoms with E-state index in [1.807, 2.05) is 0 Å². The van der Waals surface area contributed by atoms with Crippen molar-refractivity contribution in [3.8, 4) is 0 Å². The Kier molecular flexibility index (Phi) is 3.60. The molecule has 6 heteroatoms. The number of anilines is 1. The molecule has 2 heterocycles. The lowest BCUT2D eigenvalue weighted by molar-refractivity contribution is 0.0693. The molecule has 1 fully saturated rings. The summed E-state index contributed by atoms with van der Waals surface area (Å²) in [5, 5.41) is 2.81. The van der Waals surface area contributed by atoms with Gasteiger partial charge in [0.15, 0.2) is 0 Å². The Bertz CT molecular complexity index is 648. The fourth-order valence-corrected chi connectivity index (χ4v) is 2.85. The maximum atomic E-state index is 12.2. The van der Waals surface area contributed by atoms with Crippen LogP contribution in [0.5, 0.6) is 0 Å². The van der Waals surface area contributed by atoms with Crippen LogP contribution in [0.2, 0.25) is 0 Å². The summed E-state index contributed by atoms with van der Waals surface area (Å²) in [7, 11) is 1.46. The molecule has 0 atom stereocenters. The molecular formula is C16H19N3O3. The third-order valence-corrected chi connectivity index (χ3v) is 4.41. The van der Waals surface area contributed by atoms with Crippen molar-refractivity contribution in [1.29, 1.82) is 0 Å². The maximum absolute atomic E-state index is 12.2. The van der Waals surface area contributed by atoms with Crippen molar-refractivity contribution >= 4 is 23.5 Å². The lowest BCUT2D eigenvalue weighted by Gasteiger charge is -2.30. The molecule has 1 aromatic carbocycles. The number of amides is 4. The van der Waals surface area contributed by atoms with Crippen LogP contribution in [-0.2, 0) is 0 Å². The first kappa shape index (κ1) is 14.6. The van der Waals surface area contributed by atoms with Gasteiger partial charge in [-0.05, 0) is 37.0 Å². The van der Waals surface area contributed by atoms with Gasteiger partial charge >= 0.3 is 6.03 Å². The number of rotatable bonds is 1. The zero-order chi connectivity index (χ0) is 15.9. The molecule has 0 bridgehead atoms. The molecule has 1 saturated heterocycles. The summed E-state index contributed by atoms with van der Waals surface area (Å²) in [5.74, 6) is 0.0222. The number of benzene rings is 1. The van der Waals surface area contributed by atoms with Crippen LogP contribution in [0.3, 0.4) is 0 Å². The molecule has 1 N–H and O–H groups in total. The van der Waals surface area contributed by atoms with E-state index in [2.05, 4.69) is 12.2 Å². The highest BCUT2D eigenvalue weighted by Gasteiger charge is 2.33. The Balaban J connectivity index is 1.73. The molecule has 2 aliphatic rings. The van der Waals surface area contributed by atoms with Gasteiger partial charge in [0.05, 0.1) is 11.1 Å². The number of carbonyl (C=O) groups is 3. The smallest absolute Gasteiger partial charge is 0.321 e. The minimum Gasteiger partial charge on any atom is -0.325 e. The van der Waals surface area contributed by atoms with E-state index in [0.29, 0.717) is 22.7 Å². The third kappa shape index (κ3) is 2.45. The predicted molar refractivity (Wildman–Crippen MR) is 81.9 cm³/mol. The number of nitrogens with one attached hydrogen (secondary N) is 1. The average Bonchev–Trinajstić information content (AvgIpc) is 2.72. The van der Waals surface area contributed by atoms with Gasteiger partial charge in [-0.1, -0.05) is 6.92 Å². The van der Waals surface area contributed by atoms with Crippen LogP contribution in [0.15, 0.2) is 18.2 Å². The first-order valence-electron chi connectivity index (χ1n) is 7.49. The van der Waals surface area contributed by atoms with E-state index in [1.165, 1.54) is 7.05 Å². The van der Waals surface area contributed by atoms with Crippen molar-refractivity contribution in [2.75, 3.05) is 25.5 Å². The lowest BCUT2D eigenvalue weighted by Crippen LogP contribution is -2.40. The summed E-state index contributed by atoms with van der Waals surface area (Å²) in [5.41, 5.74) is 1.27. The molecule has 116 valence electrons. The van der Waals surface area contributed by atoms with Crippen molar-refractivity contribution in [3.05, 3.63) is 29.3 Å². The Morgan fingerprint density at radius 2 is 1.77 bits per heavy atom. The van der Waals surface area contributed by atoms with E-state index in [0.717, 1.165) is 30.8 Å². The van der Waals surface area contributed by atoms with E-state index < -0.39 is 0 Å². The maximum Gasteiger partial charge on any atom is 0.321 e. The van der Waals surface area contributed by atoms with E-state index >= 15 is 0 Å². The van der Waals surface area contributed by atoms with Crippen LogP contribution in [0.1, 0.15) is 40.5 Å². The van der Waals surface area contributed by atoms with Crippen molar-refractivity contribution in [3.63, 3.8) is 0 Å². The predicted octanol–water partition coefficient (Wildman–Crippen LogP) is 2.18. The van der Waals surface area contributed by atoms with Gasteiger partial charge in [0.2, 0.25) is 0 Å². The molecule has 22 heavy (non-hydrogen) atoms. The highest BCUT2D eigenvalue weighted by Crippen LogP contribution is 2.25. The zero-order valence-electron chi connectivity index (χ0n) is 12.8. The number of piperidine rings is 1. The van der Waals surface area contributed by atoms with Crippen LogP contribution in [-0.4, -0.2) is 47.8 Å². The standard InChI is InChI=1S/C16H19N3O3/c1-10-5-7-19(8-6-10)16(22)17-11-3-4-12-13(9-11)15(21)18(2)14(12)20/h3-4,9-10H,5-8H2,1-2H3,(H,17,22). The summed E-state index contributed by atoms with van der Waals surface area (Å²) >= 11 is 0. The quantitative estimate of drug-likeness (QED) is 0.808. The minimum absolute atomic E-state index is 0.156. The summed E-state index contributed by atoms with van der Waals surface area (Å²) in [6.07, 6.45) is 2.02. The number of nitrogens with zero attached hydrogens (tertiary/aromatic N) is 2. The zero-order valence-corrected chi connectivity index (χ0v) is 12.8. The molecule has 3 rings (SSSR count). The van der Waals surface area contributed by atoms with Crippen LogP contribution in [0.25, 0.3) is 0 Å². The summed E-state index contributed by atoms with van der Waals surface area (Å²) in [4.78, 5) is 38.9. The summed E-state index contributed by atoms with van der Waals surface area (Å²) in [6.45, 7) is 3.69. The largest absolute Gasteiger partial charge is 0.325 e. The van der Waals surface area contributed by atoms with Crippen molar-refractivity contribution < 1.29 is 14.4 Å². The molecule has 0 saturated carbocycles.